The third kappa shape index (κ3) is 4.09. The van der Waals surface area contributed by atoms with Crippen molar-refractivity contribution in [1.29, 1.82) is 0 Å². The van der Waals surface area contributed by atoms with Crippen LogP contribution in [0.2, 0.25) is 0 Å². The standard InChI is InChI=1S/C15H24FN3S/c1-4-5-17-7-13-6-14(16)8-18-15(13)19-9-11(2)20-12(3)10-19/h6,8,11-12,17H,4-5,7,9-10H2,1-3H3. The SMILES string of the molecule is CCCNCc1cc(F)cnc1N1CC(C)SC(C)C1. The zero-order chi connectivity index (χ0) is 14.5. The minimum atomic E-state index is -0.255. The molecule has 112 valence electrons. The average Bonchev–Trinajstić information content (AvgIpc) is 2.38. The third-order valence-electron chi connectivity index (χ3n) is 3.37. The summed E-state index contributed by atoms with van der Waals surface area (Å²) in [6.45, 7) is 10.2. The molecule has 20 heavy (non-hydrogen) atoms. The lowest BCUT2D eigenvalue weighted by Gasteiger charge is -2.36. The fourth-order valence-electron chi connectivity index (χ4n) is 2.64. The predicted octanol–water partition coefficient (Wildman–Crippen LogP) is 3.05. The Morgan fingerprint density at radius 1 is 1.40 bits per heavy atom. The number of rotatable bonds is 5. The number of hydrogen-bond donors (Lipinski definition) is 1. The summed E-state index contributed by atoms with van der Waals surface area (Å²) in [6, 6.07) is 1.61. The van der Waals surface area contributed by atoms with Gasteiger partial charge in [0, 0.05) is 35.7 Å². The molecule has 2 atom stereocenters. The molecule has 0 amide bonds. The molecule has 0 aromatic carbocycles. The van der Waals surface area contributed by atoms with Crippen LogP contribution in [0, 0.1) is 5.82 Å². The number of hydrogen-bond acceptors (Lipinski definition) is 4. The van der Waals surface area contributed by atoms with Crippen LogP contribution in [0.4, 0.5) is 10.2 Å². The van der Waals surface area contributed by atoms with E-state index in [0.29, 0.717) is 17.0 Å². The molecule has 2 heterocycles. The maximum absolute atomic E-state index is 13.5. The van der Waals surface area contributed by atoms with Crippen molar-refractivity contribution in [2.24, 2.45) is 0 Å². The highest BCUT2D eigenvalue weighted by Crippen LogP contribution is 2.29. The lowest BCUT2D eigenvalue weighted by atomic mass is 10.2. The van der Waals surface area contributed by atoms with Crippen molar-refractivity contribution in [2.45, 2.75) is 44.2 Å². The lowest BCUT2D eigenvalue weighted by Crippen LogP contribution is -2.41. The second-order valence-electron chi connectivity index (χ2n) is 5.48. The molecule has 1 aliphatic heterocycles. The van der Waals surface area contributed by atoms with Crippen molar-refractivity contribution in [3.8, 4) is 0 Å². The number of thioether (sulfide) groups is 1. The van der Waals surface area contributed by atoms with Crippen molar-refractivity contribution in [2.75, 3.05) is 24.5 Å². The summed E-state index contributed by atoms with van der Waals surface area (Å²) in [6.07, 6.45) is 2.40. The van der Waals surface area contributed by atoms with Crippen LogP contribution in [0.3, 0.4) is 0 Å². The number of nitrogens with zero attached hydrogens (tertiary/aromatic N) is 2. The Labute approximate surface area is 125 Å². The molecular weight excluding hydrogens is 273 g/mol. The van der Waals surface area contributed by atoms with Gasteiger partial charge in [-0.3, -0.25) is 0 Å². The van der Waals surface area contributed by atoms with Gasteiger partial charge in [0.1, 0.15) is 11.6 Å². The highest BCUT2D eigenvalue weighted by atomic mass is 32.2. The van der Waals surface area contributed by atoms with Crippen LogP contribution in [0.15, 0.2) is 12.3 Å². The normalized spacial score (nSPS) is 23.1. The topological polar surface area (TPSA) is 28.2 Å². The van der Waals surface area contributed by atoms with Crippen LogP contribution in [0.1, 0.15) is 32.8 Å². The second kappa shape index (κ2) is 7.27. The minimum Gasteiger partial charge on any atom is -0.354 e. The molecule has 5 heteroatoms. The molecule has 1 saturated heterocycles. The first kappa shape index (κ1) is 15.6. The van der Waals surface area contributed by atoms with E-state index in [1.165, 1.54) is 6.20 Å². The van der Waals surface area contributed by atoms with E-state index < -0.39 is 0 Å². The Hall–Kier alpha value is -0.810. The first-order valence-electron chi connectivity index (χ1n) is 7.35. The van der Waals surface area contributed by atoms with Gasteiger partial charge in [0.2, 0.25) is 0 Å². The molecule has 1 fully saturated rings. The smallest absolute Gasteiger partial charge is 0.141 e. The molecule has 2 unspecified atom stereocenters. The van der Waals surface area contributed by atoms with Crippen LogP contribution < -0.4 is 10.2 Å². The van der Waals surface area contributed by atoms with Crippen molar-refractivity contribution < 1.29 is 4.39 Å². The highest BCUT2D eigenvalue weighted by molar-refractivity contribution is 8.00. The van der Waals surface area contributed by atoms with Gasteiger partial charge < -0.3 is 10.2 Å². The van der Waals surface area contributed by atoms with E-state index in [0.717, 1.165) is 37.4 Å². The van der Waals surface area contributed by atoms with Gasteiger partial charge in [-0.1, -0.05) is 20.8 Å². The molecule has 0 bridgehead atoms. The molecule has 0 saturated carbocycles. The summed E-state index contributed by atoms with van der Waals surface area (Å²) in [5.41, 5.74) is 0.963. The summed E-state index contributed by atoms with van der Waals surface area (Å²) >= 11 is 2.01. The van der Waals surface area contributed by atoms with Gasteiger partial charge in [0.05, 0.1) is 6.20 Å². The Morgan fingerprint density at radius 3 is 2.75 bits per heavy atom. The molecule has 2 rings (SSSR count). The van der Waals surface area contributed by atoms with Crippen molar-refractivity contribution >= 4 is 17.6 Å². The third-order valence-corrected chi connectivity index (χ3v) is 4.60. The van der Waals surface area contributed by atoms with Gasteiger partial charge in [0.15, 0.2) is 0 Å². The van der Waals surface area contributed by atoms with E-state index in [1.54, 1.807) is 6.07 Å². The molecule has 3 nitrogen and oxygen atoms in total. The van der Waals surface area contributed by atoms with Gasteiger partial charge in [-0.25, -0.2) is 9.37 Å². The maximum atomic E-state index is 13.5. The van der Waals surface area contributed by atoms with Crippen LogP contribution >= 0.6 is 11.8 Å². The second-order valence-corrected chi connectivity index (χ2v) is 7.36. The van der Waals surface area contributed by atoms with Crippen molar-refractivity contribution in [1.82, 2.24) is 10.3 Å². The Bertz CT molecular complexity index is 431. The summed E-state index contributed by atoms with van der Waals surface area (Å²) in [4.78, 5) is 6.65. The van der Waals surface area contributed by atoms with Gasteiger partial charge in [-0.05, 0) is 19.0 Å². The monoisotopic (exact) mass is 297 g/mol. The van der Waals surface area contributed by atoms with Gasteiger partial charge in [-0.15, -0.1) is 0 Å². The van der Waals surface area contributed by atoms with E-state index in [1.807, 2.05) is 11.8 Å². The van der Waals surface area contributed by atoms with Gasteiger partial charge >= 0.3 is 0 Å². The largest absolute Gasteiger partial charge is 0.354 e. The Kier molecular flexibility index (Phi) is 5.66. The number of pyridine rings is 1. The number of nitrogens with one attached hydrogen (secondary N) is 1. The molecule has 1 N–H and O–H groups in total. The van der Waals surface area contributed by atoms with Crippen LogP contribution in [0.25, 0.3) is 0 Å². The highest BCUT2D eigenvalue weighted by Gasteiger charge is 2.24. The van der Waals surface area contributed by atoms with E-state index in [9.17, 15) is 4.39 Å². The van der Waals surface area contributed by atoms with Crippen LogP contribution in [-0.2, 0) is 6.54 Å². The number of aromatic nitrogens is 1. The first-order chi connectivity index (χ1) is 9.60. The first-order valence-corrected chi connectivity index (χ1v) is 8.30. The van der Waals surface area contributed by atoms with E-state index in [-0.39, 0.29) is 5.82 Å². The summed E-state index contributed by atoms with van der Waals surface area (Å²) in [5.74, 6) is 0.684. The lowest BCUT2D eigenvalue weighted by molar-refractivity contribution is 0.607. The zero-order valence-corrected chi connectivity index (χ0v) is 13.3. The van der Waals surface area contributed by atoms with E-state index in [4.69, 9.17) is 0 Å². The molecule has 1 aromatic heterocycles. The summed E-state index contributed by atoms with van der Waals surface area (Å²) < 4.78 is 13.5. The molecule has 1 aliphatic rings. The molecule has 0 aliphatic carbocycles. The van der Waals surface area contributed by atoms with Crippen molar-refractivity contribution in [3.05, 3.63) is 23.6 Å². The van der Waals surface area contributed by atoms with Gasteiger partial charge in [-0.2, -0.15) is 11.8 Å². The zero-order valence-electron chi connectivity index (χ0n) is 12.5. The molecule has 1 aromatic rings. The van der Waals surface area contributed by atoms with Crippen LogP contribution in [-0.4, -0.2) is 35.1 Å². The Balaban J connectivity index is 2.16. The number of anilines is 1. The average molecular weight is 297 g/mol. The fraction of sp³-hybridized carbons (Fsp3) is 0.667. The summed E-state index contributed by atoms with van der Waals surface area (Å²) in [5, 5.41) is 4.51. The molecule has 0 spiro atoms. The summed E-state index contributed by atoms with van der Waals surface area (Å²) in [7, 11) is 0. The fourth-order valence-corrected chi connectivity index (χ4v) is 3.96. The van der Waals surface area contributed by atoms with Gasteiger partial charge in [0.25, 0.3) is 0 Å². The van der Waals surface area contributed by atoms with Crippen molar-refractivity contribution in [3.63, 3.8) is 0 Å². The minimum absolute atomic E-state index is 0.255. The predicted molar refractivity (Wildman–Crippen MR) is 84.9 cm³/mol. The Morgan fingerprint density at radius 2 is 2.10 bits per heavy atom. The maximum Gasteiger partial charge on any atom is 0.141 e. The van der Waals surface area contributed by atoms with E-state index in [2.05, 4.69) is 36.0 Å². The quantitative estimate of drug-likeness (QED) is 0.846. The molecular formula is C15H24FN3S. The van der Waals surface area contributed by atoms with Crippen LogP contribution in [0.5, 0.6) is 0 Å². The number of halogens is 1. The van der Waals surface area contributed by atoms with E-state index >= 15 is 0 Å². The molecule has 0 radical (unpaired) electrons.